The van der Waals surface area contributed by atoms with E-state index < -0.39 is 37.0 Å². The fourth-order valence-corrected chi connectivity index (χ4v) is 4.28. The first-order chi connectivity index (χ1) is 15.2. The summed E-state index contributed by atoms with van der Waals surface area (Å²) in [4.78, 5) is 0. The first-order valence-corrected chi connectivity index (χ1v) is 12.2. The average Bonchev–Trinajstić information content (AvgIpc) is 2.81. The lowest BCUT2D eigenvalue weighted by Gasteiger charge is -2.46. The molecule has 6 nitrogen and oxygen atoms in total. The van der Waals surface area contributed by atoms with Crippen molar-refractivity contribution in [2.45, 2.75) is 108 Å². The molecule has 0 radical (unpaired) electrons. The predicted molar refractivity (Wildman–Crippen MR) is 118 cm³/mol. The van der Waals surface area contributed by atoms with Crippen LogP contribution >= 0.6 is 0 Å². The van der Waals surface area contributed by atoms with Crippen LogP contribution in [0.5, 0.6) is 0 Å². The van der Waals surface area contributed by atoms with E-state index in [1.54, 1.807) is 0 Å². The Morgan fingerprint density at radius 1 is 0.839 bits per heavy atom. The number of benzene rings is 1. The summed E-state index contributed by atoms with van der Waals surface area (Å²) in [6.07, 6.45) is 7.80. The minimum Gasteiger partial charge on any atom is -0.387 e. The van der Waals surface area contributed by atoms with Crippen molar-refractivity contribution in [1.82, 2.24) is 0 Å². The molecule has 2 aliphatic heterocycles. The molecule has 3 rings (SSSR count). The fourth-order valence-electron chi connectivity index (χ4n) is 4.28. The van der Waals surface area contributed by atoms with Crippen molar-refractivity contribution < 1.29 is 29.2 Å². The molecule has 2 saturated heterocycles. The van der Waals surface area contributed by atoms with Crippen molar-refractivity contribution in [3.63, 3.8) is 0 Å². The van der Waals surface area contributed by atoms with E-state index in [0.717, 1.165) is 18.4 Å². The first-order valence-electron chi connectivity index (χ1n) is 12.2. The standard InChI is InChI=1S/C25H40O6/c1-2-3-4-5-6-7-8-9-10-14-17-28-25-22(27)21(26)23-20(30-25)18-29-24(31-23)19-15-12-11-13-16-19/h11-13,15-16,20-27H,2-10,14,17-18H2,1H3/t20-,21-,22-,23-,24?,25+/m1/s1. The topological polar surface area (TPSA) is 77.4 Å². The fraction of sp³-hybridized carbons (Fsp3) is 0.760. The summed E-state index contributed by atoms with van der Waals surface area (Å²) in [5.41, 5.74) is 0.877. The predicted octanol–water partition coefficient (Wildman–Crippen LogP) is 4.48. The van der Waals surface area contributed by atoms with E-state index in [4.69, 9.17) is 18.9 Å². The molecule has 0 aromatic heterocycles. The molecule has 1 aromatic rings. The number of ether oxygens (including phenoxy) is 4. The van der Waals surface area contributed by atoms with Gasteiger partial charge in [-0.2, -0.15) is 0 Å². The molecule has 0 bridgehead atoms. The first kappa shape index (κ1) is 24.6. The summed E-state index contributed by atoms with van der Waals surface area (Å²) in [5, 5.41) is 21.1. The lowest BCUT2D eigenvalue weighted by Crippen LogP contribution is -2.62. The third kappa shape index (κ3) is 7.52. The molecule has 1 unspecified atom stereocenters. The van der Waals surface area contributed by atoms with Gasteiger partial charge in [0.25, 0.3) is 0 Å². The summed E-state index contributed by atoms with van der Waals surface area (Å²) in [6, 6.07) is 9.57. The quantitative estimate of drug-likeness (QED) is 0.444. The van der Waals surface area contributed by atoms with E-state index in [9.17, 15) is 10.2 Å². The van der Waals surface area contributed by atoms with Crippen molar-refractivity contribution in [1.29, 1.82) is 0 Å². The van der Waals surface area contributed by atoms with Crippen LogP contribution in [-0.4, -0.2) is 54.1 Å². The van der Waals surface area contributed by atoms with Gasteiger partial charge in [0.1, 0.15) is 24.4 Å². The van der Waals surface area contributed by atoms with Gasteiger partial charge in [-0.1, -0.05) is 95.0 Å². The molecule has 1 aromatic carbocycles. The Hall–Kier alpha value is -1.02. The number of aliphatic hydroxyl groups is 2. The van der Waals surface area contributed by atoms with Gasteiger partial charge in [0.05, 0.1) is 6.61 Å². The molecule has 6 atom stereocenters. The minimum absolute atomic E-state index is 0.284. The van der Waals surface area contributed by atoms with Crippen molar-refractivity contribution in [2.75, 3.05) is 13.2 Å². The van der Waals surface area contributed by atoms with Crippen LogP contribution in [0.1, 0.15) is 83.0 Å². The highest BCUT2D eigenvalue weighted by Gasteiger charge is 2.49. The largest absolute Gasteiger partial charge is 0.387 e. The lowest BCUT2D eigenvalue weighted by molar-refractivity contribution is -0.361. The van der Waals surface area contributed by atoms with Gasteiger partial charge < -0.3 is 29.2 Å². The zero-order chi connectivity index (χ0) is 21.9. The van der Waals surface area contributed by atoms with E-state index in [1.807, 2.05) is 30.3 Å². The highest BCUT2D eigenvalue weighted by Crippen LogP contribution is 2.34. The number of hydrogen-bond donors (Lipinski definition) is 2. The van der Waals surface area contributed by atoms with Gasteiger partial charge in [-0.15, -0.1) is 0 Å². The summed E-state index contributed by atoms with van der Waals surface area (Å²) in [5.74, 6) is 0. The zero-order valence-electron chi connectivity index (χ0n) is 18.9. The molecular weight excluding hydrogens is 396 g/mol. The van der Waals surface area contributed by atoms with E-state index >= 15 is 0 Å². The highest BCUT2D eigenvalue weighted by atomic mass is 16.8. The van der Waals surface area contributed by atoms with E-state index in [0.29, 0.717) is 6.61 Å². The summed E-state index contributed by atoms with van der Waals surface area (Å²) in [6.45, 7) is 3.04. The molecule has 0 aliphatic carbocycles. The van der Waals surface area contributed by atoms with Gasteiger partial charge in [0, 0.05) is 12.2 Å². The molecule has 176 valence electrons. The molecule has 2 aliphatic rings. The van der Waals surface area contributed by atoms with Gasteiger partial charge in [0.2, 0.25) is 0 Å². The summed E-state index contributed by atoms with van der Waals surface area (Å²) in [7, 11) is 0. The molecule has 6 heteroatoms. The maximum Gasteiger partial charge on any atom is 0.186 e. The van der Waals surface area contributed by atoms with Crippen molar-refractivity contribution in [2.24, 2.45) is 0 Å². The Kier molecular flexibility index (Phi) is 10.7. The molecule has 2 N–H and O–H groups in total. The van der Waals surface area contributed by atoms with Crippen LogP contribution in [0, 0.1) is 0 Å². The van der Waals surface area contributed by atoms with Crippen molar-refractivity contribution in [3.8, 4) is 0 Å². The number of fused-ring (bicyclic) bond motifs is 1. The Balaban J connectivity index is 1.31. The summed E-state index contributed by atoms with van der Waals surface area (Å²) < 4.78 is 23.3. The molecule has 0 saturated carbocycles. The maximum absolute atomic E-state index is 10.6. The van der Waals surface area contributed by atoms with E-state index in [2.05, 4.69) is 6.92 Å². The summed E-state index contributed by atoms with van der Waals surface area (Å²) >= 11 is 0. The van der Waals surface area contributed by atoms with Gasteiger partial charge in [0.15, 0.2) is 12.6 Å². The Morgan fingerprint density at radius 3 is 2.16 bits per heavy atom. The van der Waals surface area contributed by atoms with Crippen LogP contribution in [0.2, 0.25) is 0 Å². The second kappa shape index (κ2) is 13.5. The molecule has 0 spiro atoms. The molecule has 0 amide bonds. The van der Waals surface area contributed by atoms with Gasteiger partial charge in [-0.25, -0.2) is 0 Å². The van der Waals surface area contributed by atoms with Crippen molar-refractivity contribution in [3.05, 3.63) is 35.9 Å². The van der Waals surface area contributed by atoms with Crippen LogP contribution < -0.4 is 0 Å². The smallest absolute Gasteiger partial charge is 0.186 e. The Labute approximate surface area is 186 Å². The number of unbranched alkanes of at least 4 members (excludes halogenated alkanes) is 9. The SMILES string of the molecule is CCCCCCCCCCCCO[C@H]1O[C@@H]2COC(c3ccccc3)O[C@H]2[C@H](O)[C@H]1O. The molecule has 2 heterocycles. The van der Waals surface area contributed by atoms with Crippen LogP contribution in [0.15, 0.2) is 30.3 Å². The second-order valence-electron chi connectivity index (χ2n) is 8.75. The number of aliphatic hydroxyl groups excluding tert-OH is 2. The molecule has 2 fully saturated rings. The van der Waals surface area contributed by atoms with Gasteiger partial charge >= 0.3 is 0 Å². The average molecular weight is 437 g/mol. The van der Waals surface area contributed by atoms with Crippen LogP contribution in [0.25, 0.3) is 0 Å². The van der Waals surface area contributed by atoms with Crippen LogP contribution in [0.3, 0.4) is 0 Å². The normalized spacial score (nSPS) is 30.8. The van der Waals surface area contributed by atoms with Crippen molar-refractivity contribution >= 4 is 0 Å². The highest BCUT2D eigenvalue weighted by molar-refractivity contribution is 5.16. The third-order valence-electron chi connectivity index (χ3n) is 6.19. The van der Waals surface area contributed by atoms with Crippen LogP contribution in [0.4, 0.5) is 0 Å². The van der Waals surface area contributed by atoms with Crippen LogP contribution in [-0.2, 0) is 18.9 Å². The van der Waals surface area contributed by atoms with E-state index in [-0.39, 0.29) is 6.61 Å². The number of hydrogen-bond acceptors (Lipinski definition) is 6. The monoisotopic (exact) mass is 436 g/mol. The molecule has 31 heavy (non-hydrogen) atoms. The van der Waals surface area contributed by atoms with E-state index in [1.165, 1.54) is 51.4 Å². The Morgan fingerprint density at radius 2 is 1.48 bits per heavy atom. The number of rotatable bonds is 13. The lowest BCUT2D eigenvalue weighted by atomic mass is 9.98. The maximum atomic E-state index is 10.6. The Bertz CT molecular complexity index is 595. The second-order valence-corrected chi connectivity index (χ2v) is 8.75. The van der Waals surface area contributed by atoms with Gasteiger partial charge in [-0.05, 0) is 6.42 Å². The van der Waals surface area contributed by atoms with Gasteiger partial charge in [-0.3, -0.25) is 0 Å². The minimum atomic E-state index is -1.14. The third-order valence-corrected chi connectivity index (χ3v) is 6.19. The zero-order valence-corrected chi connectivity index (χ0v) is 18.9. The molecular formula is C25H40O6.